The Morgan fingerprint density at radius 3 is 2.83 bits per heavy atom. The Morgan fingerprint density at radius 1 is 1.28 bits per heavy atom. The smallest absolute Gasteiger partial charge is 0.145 e. The first kappa shape index (κ1) is 11.1. The van der Waals surface area contributed by atoms with Crippen molar-refractivity contribution in [3.05, 3.63) is 29.3 Å². The molecule has 1 aromatic carbocycles. The number of nitrogen functional groups attached to an aromatic ring is 1. The first-order valence-electron chi connectivity index (χ1n) is 6.29. The molecule has 18 heavy (non-hydrogen) atoms. The molecule has 4 heteroatoms. The Morgan fingerprint density at radius 2 is 2.11 bits per heavy atom. The van der Waals surface area contributed by atoms with Crippen LogP contribution in [-0.4, -0.2) is 17.3 Å². The molecule has 0 atom stereocenters. The predicted molar refractivity (Wildman–Crippen MR) is 71.6 cm³/mol. The molecule has 0 saturated carbocycles. The van der Waals surface area contributed by atoms with Crippen LogP contribution in [0.2, 0.25) is 0 Å². The van der Waals surface area contributed by atoms with Gasteiger partial charge in [0.25, 0.3) is 0 Å². The van der Waals surface area contributed by atoms with Gasteiger partial charge in [-0.2, -0.15) is 5.10 Å². The molecule has 1 heterocycles. The number of anilines is 1. The summed E-state index contributed by atoms with van der Waals surface area (Å²) in [5.41, 5.74) is 10.6. The van der Waals surface area contributed by atoms with Gasteiger partial charge >= 0.3 is 0 Å². The van der Waals surface area contributed by atoms with E-state index in [1.165, 1.54) is 24.0 Å². The lowest BCUT2D eigenvalue weighted by atomic mass is 9.87. The van der Waals surface area contributed by atoms with E-state index in [-0.39, 0.29) is 0 Å². The van der Waals surface area contributed by atoms with E-state index in [2.05, 4.69) is 16.3 Å². The highest BCUT2D eigenvalue weighted by atomic mass is 16.5. The molecule has 0 unspecified atom stereocenters. The summed E-state index contributed by atoms with van der Waals surface area (Å²) in [4.78, 5) is 0. The molecule has 4 nitrogen and oxygen atoms in total. The number of methoxy groups -OCH3 is 1. The van der Waals surface area contributed by atoms with E-state index in [4.69, 9.17) is 10.5 Å². The number of rotatable bonds is 2. The van der Waals surface area contributed by atoms with Crippen LogP contribution in [0.5, 0.6) is 5.75 Å². The number of ether oxygens (including phenoxy) is 1. The van der Waals surface area contributed by atoms with Gasteiger partial charge in [0, 0.05) is 11.6 Å². The normalized spacial score (nSPS) is 14.3. The number of hydrogen-bond acceptors (Lipinski definition) is 3. The number of nitrogens with two attached hydrogens (primary N) is 1. The summed E-state index contributed by atoms with van der Waals surface area (Å²) < 4.78 is 5.49. The zero-order valence-electron chi connectivity index (χ0n) is 10.5. The van der Waals surface area contributed by atoms with Crippen molar-refractivity contribution < 1.29 is 4.74 Å². The standard InChI is InChI=1S/C14H17N3O/c1-18-12-7-6-9-4-2-3-5-10(9)14(12)11-8-13(15)17-16-11/h6-8H,2-5H2,1H3,(H3,15,16,17). The van der Waals surface area contributed by atoms with Crippen LogP contribution in [-0.2, 0) is 12.8 Å². The number of benzene rings is 1. The molecule has 0 amide bonds. The van der Waals surface area contributed by atoms with Gasteiger partial charge in [0.15, 0.2) is 0 Å². The van der Waals surface area contributed by atoms with Crippen LogP contribution in [0.1, 0.15) is 24.0 Å². The minimum atomic E-state index is 0.514. The van der Waals surface area contributed by atoms with Gasteiger partial charge in [-0.3, -0.25) is 5.10 Å². The Bertz CT molecular complexity index is 574. The molecule has 0 radical (unpaired) electrons. The molecule has 94 valence electrons. The second kappa shape index (κ2) is 4.37. The highest BCUT2D eigenvalue weighted by Gasteiger charge is 2.19. The SMILES string of the molecule is COc1ccc2c(c1-c1cc(N)n[nH]1)CCCC2. The van der Waals surface area contributed by atoms with Gasteiger partial charge in [-0.15, -0.1) is 0 Å². The molecule has 0 saturated heterocycles. The van der Waals surface area contributed by atoms with Crippen molar-refractivity contribution in [3.8, 4) is 17.0 Å². The fraction of sp³-hybridized carbons (Fsp3) is 0.357. The zero-order valence-corrected chi connectivity index (χ0v) is 10.5. The summed E-state index contributed by atoms with van der Waals surface area (Å²) in [6.45, 7) is 0. The van der Waals surface area contributed by atoms with Crippen molar-refractivity contribution in [2.75, 3.05) is 12.8 Å². The van der Waals surface area contributed by atoms with Gasteiger partial charge in [-0.1, -0.05) is 6.07 Å². The van der Waals surface area contributed by atoms with Crippen LogP contribution >= 0.6 is 0 Å². The lowest BCUT2D eigenvalue weighted by molar-refractivity contribution is 0.415. The average Bonchev–Trinajstić information content (AvgIpc) is 2.83. The fourth-order valence-electron chi connectivity index (χ4n) is 2.74. The molecule has 0 aliphatic heterocycles. The first-order valence-corrected chi connectivity index (χ1v) is 6.29. The van der Waals surface area contributed by atoms with E-state index in [1.807, 2.05) is 12.1 Å². The summed E-state index contributed by atoms with van der Waals surface area (Å²) in [6.07, 6.45) is 4.75. The van der Waals surface area contributed by atoms with E-state index in [9.17, 15) is 0 Å². The number of H-pyrrole nitrogens is 1. The van der Waals surface area contributed by atoms with E-state index >= 15 is 0 Å². The molecule has 0 bridgehead atoms. The van der Waals surface area contributed by atoms with Crippen molar-refractivity contribution in [3.63, 3.8) is 0 Å². The van der Waals surface area contributed by atoms with E-state index in [0.29, 0.717) is 5.82 Å². The van der Waals surface area contributed by atoms with Gasteiger partial charge in [-0.05, 0) is 42.9 Å². The molecular formula is C14H17N3O. The first-order chi connectivity index (χ1) is 8.79. The molecule has 1 aliphatic carbocycles. The number of aromatic nitrogens is 2. The van der Waals surface area contributed by atoms with Gasteiger partial charge in [0.1, 0.15) is 11.6 Å². The highest BCUT2D eigenvalue weighted by Crippen LogP contribution is 2.38. The Balaban J connectivity index is 2.21. The number of hydrogen-bond donors (Lipinski definition) is 2. The quantitative estimate of drug-likeness (QED) is 0.852. The van der Waals surface area contributed by atoms with Crippen LogP contribution < -0.4 is 10.5 Å². The molecule has 1 aromatic heterocycles. The van der Waals surface area contributed by atoms with Gasteiger partial charge in [0.2, 0.25) is 0 Å². The third kappa shape index (κ3) is 1.74. The maximum absolute atomic E-state index is 5.70. The van der Waals surface area contributed by atoms with E-state index < -0.39 is 0 Å². The lowest BCUT2D eigenvalue weighted by Crippen LogP contribution is -2.06. The topological polar surface area (TPSA) is 63.9 Å². The maximum atomic E-state index is 5.70. The molecule has 2 aromatic rings. The molecule has 0 spiro atoms. The number of aryl methyl sites for hydroxylation is 1. The number of nitrogens with zero attached hydrogens (tertiary/aromatic N) is 1. The monoisotopic (exact) mass is 243 g/mol. The van der Waals surface area contributed by atoms with Gasteiger partial charge in [0.05, 0.1) is 12.8 Å². The third-order valence-electron chi connectivity index (χ3n) is 3.58. The van der Waals surface area contributed by atoms with Crippen LogP contribution in [0.4, 0.5) is 5.82 Å². The summed E-state index contributed by atoms with van der Waals surface area (Å²) in [5, 5.41) is 7.01. The van der Waals surface area contributed by atoms with Crippen LogP contribution in [0.3, 0.4) is 0 Å². The number of fused-ring (bicyclic) bond motifs is 1. The third-order valence-corrected chi connectivity index (χ3v) is 3.58. The second-order valence-electron chi connectivity index (χ2n) is 4.69. The summed E-state index contributed by atoms with van der Waals surface area (Å²) in [5.74, 6) is 1.40. The van der Waals surface area contributed by atoms with Crippen LogP contribution in [0, 0.1) is 0 Å². The Kier molecular flexibility index (Phi) is 2.70. The zero-order chi connectivity index (χ0) is 12.5. The van der Waals surface area contributed by atoms with Crippen molar-refractivity contribution in [2.24, 2.45) is 0 Å². The minimum Gasteiger partial charge on any atom is -0.496 e. The molecule has 1 aliphatic rings. The molecular weight excluding hydrogens is 226 g/mol. The average molecular weight is 243 g/mol. The van der Waals surface area contributed by atoms with E-state index in [0.717, 1.165) is 29.8 Å². The minimum absolute atomic E-state index is 0.514. The summed E-state index contributed by atoms with van der Waals surface area (Å²) in [6, 6.07) is 6.08. The number of aromatic amines is 1. The Hall–Kier alpha value is -1.97. The Labute approximate surface area is 106 Å². The van der Waals surface area contributed by atoms with Gasteiger partial charge < -0.3 is 10.5 Å². The molecule has 3 N–H and O–H groups in total. The molecule has 3 rings (SSSR count). The van der Waals surface area contributed by atoms with Crippen LogP contribution in [0.15, 0.2) is 18.2 Å². The van der Waals surface area contributed by atoms with Crippen molar-refractivity contribution in [2.45, 2.75) is 25.7 Å². The van der Waals surface area contributed by atoms with Crippen LogP contribution in [0.25, 0.3) is 11.3 Å². The van der Waals surface area contributed by atoms with Crippen molar-refractivity contribution >= 4 is 5.82 Å². The van der Waals surface area contributed by atoms with Crippen molar-refractivity contribution in [1.29, 1.82) is 0 Å². The highest BCUT2D eigenvalue weighted by molar-refractivity contribution is 5.74. The second-order valence-corrected chi connectivity index (χ2v) is 4.69. The fourth-order valence-corrected chi connectivity index (χ4v) is 2.74. The maximum Gasteiger partial charge on any atom is 0.145 e. The summed E-state index contributed by atoms with van der Waals surface area (Å²) >= 11 is 0. The van der Waals surface area contributed by atoms with Gasteiger partial charge in [-0.25, -0.2) is 0 Å². The largest absolute Gasteiger partial charge is 0.496 e. The predicted octanol–water partition coefficient (Wildman–Crippen LogP) is 2.55. The van der Waals surface area contributed by atoms with E-state index in [1.54, 1.807) is 7.11 Å². The number of nitrogens with one attached hydrogen (secondary N) is 1. The van der Waals surface area contributed by atoms with Crippen molar-refractivity contribution in [1.82, 2.24) is 10.2 Å². The molecule has 0 fully saturated rings. The lowest BCUT2D eigenvalue weighted by Gasteiger charge is -2.20. The summed E-state index contributed by atoms with van der Waals surface area (Å²) in [7, 11) is 1.70.